The first-order valence-corrected chi connectivity index (χ1v) is 5.40. The molecular weight excluding hydrogens is 265 g/mol. The molecule has 0 aliphatic rings. The van der Waals surface area contributed by atoms with Crippen LogP contribution in [0, 0.1) is 10.1 Å². The molecule has 106 valence electrons. The predicted molar refractivity (Wildman–Crippen MR) is 62.1 cm³/mol. The maximum Gasteiger partial charge on any atom is 0.401 e. The number of likely N-dealkylation sites (N-methyl/N-ethyl adjacent to an activating group) is 1. The van der Waals surface area contributed by atoms with Crippen LogP contribution in [0.5, 0.6) is 5.75 Å². The van der Waals surface area contributed by atoms with Gasteiger partial charge >= 0.3 is 6.18 Å². The second-order valence-corrected chi connectivity index (χ2v) is 3.95. The molecule has 0 aliphatic carbocycles. The molecule has 0 bridgehead atoms. The van der Waals surface area contributed by atoms with Crippen LogP contribution in [0.15, 0.2) is 24.3 Å². The fraction of sp³-hybridized carbons (Fsp3) is 0.455. The third-order valence-electron chi connectivity index (χ3n) is 2.24. The minimum atomic E-state index is -4.23. The fourth-order valence-electron chi connectivity index (χ4n) is 1.37. The van der Waals surface area contributed by atoms with Gasteiger partial charge in [0.05, 0.1) is 11.5 Å². The van der Waals surface area contributed by atoms with Crippen LogP contribution in [0.3, 0.4) is 0 Å². The molecule has 0 saturated carbocycles. The Bertz CT molecular complexity index is 420. The molecule has 0 heterocycles. The third-order valence-corrected chi connectivity index (χ3v) is 2.24. The van der Waals surface area contributed by atoms with Gasteiger partial charge in [-0.05, 0) is 19.2 Å². The standard InChI is InChI=1S/C11H13F3N2O3/c1-15(8-11(12,13)14)6-7-19-10-4-2-9(3-5-10)16(17)18/h2-5H,6-8H2,1H3. The summed E-state index contributed by atoms with van der Waals surface area (Å²) in [5.41, 5.74) is -0.0680. The summed E-state index contributed by atoms with van der Waals surface area (Å²) in [5.74, 6) is 0.381. The molecule has 0 atom stereocenters. The van der Waals surface area contributed by atoms with Gasteiger partial charge in [-0.15, -0.1) is 0 Å². The van der Waals surface area contributed by atoms with Crippen molar-refractivity contribution < 1.29 is 22.8 Å². The molecule has 0 aliphatic heterocycles. The first-order chi connectivity index (χ1) is 8.78. The Morgan fingerprint density at radius 3 is 2.37 bits per heavy atom. The molecule has 0 N–H and O–H groups in total. The van der Waals surface area contributed by atoms with Gasteiger partial charge in [0.1, 0.15) is 12.4 Å². The average molecular weight is 278 g/mol. The summed E-state index contributed by atoms with van der Waals surface area (Å²) in [7, 11) is 1.34. The van der Waals surface area contributed by atoms with Crippen molar-refractivity contribution in [3.8, 4) is 5.75 Å². The van der Waals surface area contributed by atoms with Gasteiger partial charge in [0.25, 0.3) is 5.69 Å². The Labute approximate surface area is 107 Å². The lowest BCUT2D eigenvalue weighted by molar-refractivity contribution is -0.384. The third kappa shape index (κ3) is 6.05. The molecule has 1 rings (SSSR count). The van der Waals surface area contributed by atoms with Gasteiger partial charge in [-0.1, -0.05) is 0 Å². The van der Waals surface area contributed by atoms with E-state index in [0.717, 1.165) is 4.90 Å². The van der Waals surface area contributed by atoms with Crippen LogP contribution in [-0.2, 0) is 0 Å². The van der Waals surface area contributed by atoms with Gasteiger partial charge in [0, 0.05) is 18.7 Å². The van der Waals surface area contributed by atoms with Crippen molar-refractivity contribution in [1.29, 1.82) is 0 Å². The highest BCUT2D eigenvalue weighted by molar-refractivity contribution is 5.35. The number of nitro benzene ring substituents is 1. The molecule has 1 aromatic carbocycles. The lowest BCUT2D eigenvalue weighted by Gasteiger charge is -2.18. The van der Waals surface area contributed by atoms with E-state index in [9.17, 15) is 23.3 Å². The number of rotatable bonds is 6. The van der Waals surface area contributed by atoms with E-state index in [2.05, 4.69) is 0 Å². The molecule has 0 radical (unpaired) electrons. The molecule has 0 fully saturated rings. The van der Waals surface area contributed by atoms with E-state index >= 15 is 0 Å². The van der Waals surface area contributed by atoms with E-state index in [4.69, 9.17) is 4.74 Å². The summed E-state index contributed by atoms with van der Waals surface area (Å²) < 4.78 is 41.3. The van der Waals surface area contributed by atoms with Crippen molar-refractivity contribution in [2.45, 2.75) is 6.18 Å². The van der Waals surface area contributed by atoms with Gasteiger partial charge in [-0.3, -0.25) is 15.0 Å². The highest BCUT2D eigenvalue weighted by atomic mass is 19.4. The van der Waals surface area contributed by atoms with Gasteiger partial charge < -0.3 is 4.74 Å². The number of ether oxygens (including phenoxy) is 1. The summed E-state index contributed by atoms with van der Waals surface area (Å²) in [4.78, 5) is 10.9. The molecule has 5 nitrogen and oxygen atoms in total. The molecule has 0 spiro atoms. The van der Waals surface area contributed by atoms with Gasteiger partial charge in [-0.2, -0.15) is 13.2 Å². The molecule has 0 aromatic heterocycles. The molecule has 0 amide bonds. The van der Waals surface area contributed by atoms with E-state index in [1.54, 1.807) is 0 Å². The smallest absolute Gasteiger partial charge is 0.401 e. The number of benzene rings is 1. The summed E-state index contributed by atoms with van der Waals surface area (Å²) in [5, 5.41) is 10.4. The molecule has 19 heavy (non-hydrogen) atoms. The number of halogens is 3. The fourth-order valence-corrected chi connectivity index (χ4v) is 1.37. The summed E-state index contributed by atoms with van der Waals surface area (Å²) in [6.45, 7) is -0.822. The van der Waals surface area contributed by atoms with E-state index in [1.165, 1.54) is 31.3 Å². The maximum atomic E-state index is 12.0. The molecule has 0 saturated heterocycles. The Kier molecular flexibility index (Phi) is 5.11. The summed E-state index contributed by atoms with van der Waals surface area (Å²) >= 11 is 0. The zero-order chi connectivity index (χ0) is 14.5. The minimum Gasteiger partial charge on any atom is -0.492 e. The molecule has 1 aromatic rings. The zero-order valence-electron chi connectivity index (χ0n) is 10.2. The number of nitro groups is 1. The van der Waals surface area contributed by atoms with Crippen LogP contribution in [0.4, 0.5) is 18.9 Å². The van der Waals surface area contributed by atoms with Crippen molar-refractivity contribution in [1.82, 2.24) is 4.90 Å². The first-order valence-electron chi connectivity index (χ1n) is 5.40. The number of non-ortho nitro benzene ring substituents is 1. The highest BCUT2D eigenvalue weighted by Crippen LogP contribution is 2.18. The number of hydrogen-bond donors (Lipinski definition) is 0. The van der Waals surface area contributed by atoms with Gasteiger partial charge in [-0.25, -0.2) is 0 Å². The number of nitrogens with zero attached hydrogens (tertiary/aromatic N) is 2. The van der Waals surface area contributed by atoms with Crippen molar-refractivity contribution in [2.75, 3.05) is 26.7 Å². The van der Waals surface area contributed by atoms with E-state index in [1.807, 2.05) is 0 Å². The van der Waals surface area contributed by atoms with Crippen LogP contribution in [0.1, 0.15) is 0 Å². The van der Waals surface area contributed by atoms with Crippen LogP contribution in [0.2, 0.25) is 0 Å². The largest absolute Gasteiger partial charge is 0.492 e. The minimum absolute atomic E-state index is 0.0680. The maximum absolute atomic E-state index is 12.0. The lowest BCUT2D eigenvalue weighted by atomic mass is 10.3. The molecular formula is C11H13F3N2O3. The zero-order valence-corrected chi connectivity index (χ0v) is 10.2. The Morgan fingerprint density at radius 1 is 1.32 bits per heavy atom. The number of hydrogen-bond acceptors (Lipinski definition) is 4. The monoisotopic (exact) mass is 278 g/mol. The highest BCUT2D eigenvalue weighted by Gasteiger charge is 2.28. The Hall–Kier alpha value is -1.83. The van der Waals surface area contributed by atoms with Crippen molar-refractivity contribution in [2.24, 2.45) is 0 Å². The van der Waals surface area contributed by atoms with Crippen LogP contribution >= 0.6 is 0 Å². The quantitative estimate of drug-likeness (QED) is 0.592. The lowest BCUT2D eigenvalue weighted by Crippen LogP contribution is -2.33. The van der Waals surface area contributed by atoms with E-state index in [0.29, 0.717) is 5.75 Å². The van der Waals surface area contributed by atoms with Crippen LogP contribution < -0.4 is 4.74 Å². The first kappa shape index (κ1) is 15.2. The summed E-state index contributed by atoms with van der Waals surface area (Å²) in [6, 6.07) is 5.35. The Balaban J connectivity index is 2.35. The van der Waals surface area contributed by atoms with Crippen molar-refractivity contribution in [3.63, 3.8) is 0 Å². The average Bonchev–Trinajstić information content (AvgIpc) is 2.27. The Morgan fingerprint density at radius 2 is 1.89 bits per heavy atom. The van der Waals surface area contributed by atoms with Gasteiger partial charge in [0.2, 0.25) is 0 Å². The van der Waals surface area contributed by atoms with E-state index in [-0.39, 0.29) is 18.8 Å². The van der Waals surface area contributed by atoms with Crippen LogP contribution in [-0.4, -0.2) is 42.7 Å². The van der Waals surface area contributed by atoms with Crippen molar-refractivity contribution in [3.05, 3.63) is 34.4 Å². The topological polar surface area (TPSA) is 55.6 Å². The predicted octanol–water partition coefficient (Wildman–Crippen LogP) is 2.47. The van der Waals surface area contributed by atoms with E-state index < -0.39 is 17.6 Å². The number of alkyl halides is 3. The van der Waals surface area contributed by atoms with Crippen molar-refractivity contribution >= 4 is 5.69 Å². The summed E-state index contributed by atoms with van der Waals surface area (Å²) in [6.07, 6.45) is -4.23. The normalized spacial score (nSPS) is 11.6. The SMILES string of the molecule is CN(CCOc1ccc([N+](=O)[O-])cc1)CC(F)(F)F. The molecule has 0 unspecified atom stereocenters. The second kappa shape index (κ2) is 6.37. The van der Waals surface area contributed by atoms with Crippen LogP contribution in [0.25, 0.3) is 0 Å². The molecule has 8 heteroatoms. The van der Waals surface area contributed by atoms with Gasteiger partial charge in [0.15, 0.2) is 0 Å². The second-order valence-electron chi connectivity index (χ2n) is 3.95.